The second kappa shape index (κ2) is 8.52. The number of fused-ring (bicyclic) bond motifs is 4. The molecule has 0 saturated heterocycles. The monoisotopic (exact) mass is 452 g/mol. The lowest BCUT2D eigenvalue weighted by Gasteiger charge is -2.33. The van der Waals surface area contributed by atoms with E-state index in [9.17, 15) is 0 Å². The van der Waals surface area contributed by atoms with Crippen molar-refractivity contribution >= 4 is 28.7 Å². The summed E-state index contributed by atoms with van der Waals surface area (Å²) in [7, 11) is 0. The molecule has 4 aromatic carbocycles. The molecule has 2 aliphatic rings. The van der Waals surface area contributed by atoms with Crippen LogP contribution in [-0.4, -0.2) is 6.71 Å². The first-order chi connectivity index (χ1) is 17.1. The van der Waals surface area contributed by atoms with E-state index in [4.69, 9.17) is 9.47 Å². The normalized spacial score (nSPS) is 13.7. The highest BCUT2D eigenvalue weighted by atomic mass is 16.5. The minimum absolute atomic E-state index is 0.0682. The van der Waals surface area contributed by atoms with Crippen molar-refractivity contribution in [2.24, 2.45) is 0 Å². The van der Waals surface area contributed by atoms with Gasteiger partial charge in [-0.15, -0.1) is 0 Å². The van der Waals surface area contributed by atoms with E-state index in [1.54, 1.807) is 6.08 Å². The third kappa shape index (κ3) is 3.61. The standard InChI is InChI=1S/C32H25BO2/c1-4-5-10-21(2)22(3)24-15-17-26-30(19-24)34-28-13-9-14-29-32(28)33(26)27-18-16-25(20-31(27)35-29)23-11-7-6-8-12-23/h4-20H,1H2,2-3H3/b10-5-,22-21+. The molecular weight excluding hydrogens is 427 g/mol. The van der Waals surface area contributed by atoms with E-state index in [0.29, 0.717) is 0 Å². The summed E-state index contributed by atoms with van der Waals surface area (Å²) in [5, 5.41) is 0. The van der Waals surface area contributed by atoms with Gasteiger partial charge in [0.2, 0.25) is 0 Å². The first-order valence-electron chi connectivity index (χ1n) is 11.9. The van der Waals surface area contributed by atoms with Gasteiger partial charge < -0.3 is 9.47 Å². The van der Waals surface area contributed by atoms with Crippen LogP contribution in [0.5, 0.6) is 23.0 Å². The maximum Gasteiger partial charge on any atom is 0.260 e. The molecule has 0 bridgehead atoms. The zero-order chi connectivity index (χ0) is 23.9. The van der Waals surface area contributed by atoms with Crippen LogP contribution in [0.15, 0.2) is 115 Å². The number of benzene rings is 4. The molecule has 2 aliphatic heterocycles. The molecule has 0 N–H and O–H groups in total. The third-order valence-electron chi connectivity index (χ3n) is 7.02. The fourth-order valence-corrected chi connectivity index (χ4v) is 5.03. The summed E-state index contributed by atoms with van der Waals surface area (Å²) in [6.45, 7) is 8.11. The Morgan fingerprint density at radius 3 is 2.11 bits per heavy atom. The summed E-state index contributed by atoms with van der Waals surface area (Å²) in [6, 6.07) is 29.6. The number of hydrogen-bond acceptors (Lipinski definition) is 2. The SMILES string of the molecule is C=C/C=C\C(C)=C(/C)c1ccc2c(c1)Oc1cccc3c1B2c1ccc(-c2ccccc2)cc1O3. The van der Waals surface area contributed by atoms with E-state index in [-0.39, 0.29) is 6.71 Å². The molecule has 35 heavy (non-hydrogen) atoms. The van der Waals surface area contributed by atoms with Crippen molar-refractivity contribution in [3.8, 4) is 34.1 Å². The molecule has 6 rings (SSSR count). The molecule has 0 fully saturated rings. The van der Waals surface area contributed by atoms with Gasteiger partial charge in [-0.1, -0.05) is 85.5 Å². The fraction of sp³-hybridized carbons (Fsp3) is 0.0625. The second-order valence-electron chi connectivity index (χ2n) is 9.08. The molecule has 0 aliphatic carbocycles. The van der Waals surface area contributed by atoms with Gasteiger partial charge in [-0.3, -0.25) is 0 Å². The minimum atomic E-state index is 0.0682. The summed E-state index contributed by atoms with van der Waals surface area (Å²) < 4.78 is 12.9. The van der Waals surface area contributed by atoms with Crippen molar-refractivity contribution in [3.05, 3.63) is 121 Å². The van der Waals surface area contributed by atoms with Gasteiger partial charge in [-0.25, -0.2) is 0 Å². The summed E-state index contributed by atoms with van der Waals surface area (Å²) in [5.41, 5.74) is 9.33. The zero-order valence-corrected chi connectivity index (χ0v) is 19.9. The first-order valence-corrected chi connectivity index (χ1v) is 11.9. The third-order valence-corrected chi connectivity index (χ3v) is 7.02. The van der Waals surface area contributed by atoms with Gasteiger partial charge in [-0.05, 0) is 76.9 Å². The Morgan fingerprint density at radius 2 is 1.40 bits per heavy atom. The van der Waals surface area contributed by atoms with E-state index in [1.807, 2.05) is 30.3 Å². The molecule has 0 aromatic heterocycles. The topological polar surface area (TPSA) is 18.5 Å². The summed E-state index contributed by atoms with van der Waals surface area (Å²) in [4.78, 5) is 0. The van der Waals surface area contributed by atoms with Crippen molar-refractivity contribution < 1.29 is 9.47 Å². The smallest absolute Gasteiger partial charge is 0.260 e. The van der Waals surface area contributed by atoms with Gasteiger partial charge in [0, 0.05) is 5.46 Å². The predicted octanol–water partition coefficient (Wildman–Crippen LogP) is 6.62. The first kappa shape index (κ1) is 21.3. The Balaban J connectivity index is 1.48. The minimum Gasteiger partial charge on any atom is -0.458 e. The van der Waals surface area contributed by atoms with E-state index in [1.165, 1.54) is 22.2 Å². The van der Waals surface area contributed by atoms with Crippen LogP contribution in [0.2, 0.25) is 0 Å². The maximum absolute atomic E-state index is 6.45. The van der Waals surface area contributed by atoms with Crippen LogP contribution in [0.1, 0.15) is 19.4 Å². The average Bonchev–Trinajstić information content (AvgIpc) is 2.91. The molecule has 0 unspecified atom stereocenters. The highest BCUT2D eigenvalue weighted by molar-refractivity contribution is 6.98. The summed E-state index contributed by atoms with van der Waals surface area (Å²) >= 11 is 0. The largest absolute Gasteiger partial charge is 0.458 e. The van der Waals surface area contributed by atoms with E-state index in [0.717, 1.165) is 45.1 Å². The molecule has 2 heterocycles. The van der Waals surface area contributed by atoms with Gasteiger partial charge in [0.05, 0.1) is 0 Å². The number of ether oxygens (including phenoxy) is 2. The van der Waals surface area contributed by atoms with E-state index < -0.39 is 0 Å². The highest BCUT2D eigenvalue weighted by Gasteiger charge is 2.40. The summed E-state index contributed by atoms with van der Waals surface area (Å²) in [6.07, 6.45) is 5.85. The van der Waals surface area contributed by atoms with Gasteiger partial charge in [0.25, 0.3) is 6.71 Å². The van der Waals surface area contributed by atoms with E-state index >= 15 is 0 Å². The van der Waals surface area contributed by atoms with Crippen molar-refractivity contribution in [1.82, 2.24) is 0 Å². The van der Waals surface area contributed by atoms with E-state index in [2.05, 4.69) is 87.2 Å². The highest BCUT2D eigenvalue weighted by Crippen LogP contribution is 2.36. The van der Waals surface area contributed by atoms with Crippen molar-refractivity contribution in [3.63, 3.8) is 0 Å². The quantitative estimate of drug-likeness (QED) is 0.221. The van der Waals surface area contributed by atoms with Gasteiger partial charge in [0.1, 0.15) is 23.0 Å². The van der Waals surface area contributed by atoms with Gasteiger partial charge in [-0.2, -0.15) is 0 Å². The molecule has 168 valence electrons. The predicted molar refractivity (Wildman–Crippen MR) is 147 cm³/mol. The molecule has 0 saturated carbocycles. The van der Waals surface area contributed by atoms with Crippen LogP contribution in [-0.2, 0) is 0 Å². The van der Waals surface area contributed by atoms with Crippen LogP contribution >= 0.6 is 0 Å². The van der Waals surface area contributed by atoms with Crippen molar-refractivity contribution in [2.45, 2.75) is 13.8 Å². The molecule has 0 radical (unpaired) electrons. The summed E-state index contributed by atoms with van der Waals surface area (Å²) in [5.74, 6) is 3.53. The maximum atomic E-state index is 6.45. The lowest BCUT2D eigenvalue weighted by atomic mass is 9.35. The van der Waals surface area contributed by atoms with Crippen LogP contribution in [0, 0.1) is 0 Å². The fourth-order valence-electron chi connectivity index (χ4n) is 5.03. The Kier molecular flexibility index (Phi) is 5.19. The number of allylic oxidation sites excluding steroid dienone is 5. The Bertz CT molecular complexity index is 1530. The molecule has 0 amide bonds. The van der Waals surface area contributed by atoms with Crippen molar-refractivity contribution in [1.29, 1.82) is 0 Å². The van der Waals surface area contributed by atoms with Crippen LogP contribution in [0.25, 0.3) is 16.7 Å². The number of rotatable bonds is 4. The molecular formula is C32H25BO2. The molecule has 0 spiro atoms. The Hall–Kier alpha value is -4.24. The molecule has 3 heteroatoms. The lowest BCUT2D eigenvalue weighted by molar-refractivity contribution is 0.464. The molecule has 2 nitrogen and oxygen atoms in total. The molecule has 4 aromatic rings. The van der Waals surface area contributed by atoms with Crippen LogP contribution in [0.3, 0.4) is 0 Å². The number of hydrogen-bond donors (Lipinski definition) is 0. The van der Waals surface area contributed by atoms with Gasteiger partial charge >= 0.3 is 0 Å². The lowest BCUT2D eigenvalue weighted by Crippen LogP contribution is -2.57. The van der Waals surface area contributed by atoms with Crippen LogP contribution in [0.4, 0.5) is 0 Å². The Morgan fingerprint density at radius 1 is 0.714 bits per heavy atom. The zero-order valence-electron chi connectivity index (χ0n) is 19.9. The average molecular weight is 452 g/mol. The van der Waals surface area contributed by atoms with Crippen molar-refractivity contribution in [2.75, 3.05) is 0 Å². The van der Waals surface area contributed by atoms with Crippen LogP contribution < -0.4 is 25.9 Å². The second-order valence-corrected chi connectivity index (χ2v) is 9.08. The Labute approximate surface area is 206 Å². The molecule has 0 atom stereocenters. The van der Waals surface area contributed by atoms with Gasteiger partial charge in [0.15, 0.2) is 0 Å².